The fourth-order valence-corrected chi connectivity index (χ4v) is 1.92. The largest absolute Gasteiger partial charge is 0.300 e. The molecule has 0 amide bonds. The smallest absolute Gasteiger partial charge is 0.103 e. The SMILES string of the molecule is CCNC(C)(C#N)CCCCn1cc(C)cn1. The second-order valence-electron chi connectivity index (χ2n) is 4.71. The Labute approximate surface area is 104 Å². The van der Waals surface area contributed by atoms with Crippen LogP contribution in [0, 0.1) is 18.3 Å². The van der Waals surface area contributed by atoms with E-state index in [0.717, 1.165) is 32.4 Å². The Kier molecular flexibility index (Phi) is 5.17. The average Bonchev–Trinajstić information content (AvgIpc) is 2.71. The maximum atomic E-state index is 9.11. The summed E-state index contributed by atoms with van der Waals surface area (Å²) in [4.78, 5) is 0. The van der Waals surface area contributed by atoms with Crippen LogP contribution < -0.4 is 5.32 Å². The zero-order valence-electron chi connectivity index (χ0n) is 11.0. The standard InChI is InChI=1S/C13H22N4/c1-4-15-13(3,11-14)7-5-6-8-17-10-12(2)9-16-17/h9-10,15H,4-8H2,1-3H3. The molecule has 1 rings (SSSR count). The number of hydrogen-bond acceptors (Lipinski definition) is 3. The molecule has 4 heteroatoms. The van der Waals surface area contributed by atoms with Gasteiger partial charge in [0, 0.05) is 12.7 Å². The first-order valence-corrected chi connectivity index (χ1v) is 6.25. The molecule has 0 spiro atoms. The van der Waals surface area contributed by atoms with E-state index < -0.39 is 0 Å². The van der Waals surface area contributed by atoms with Gasteiger partial charge in [0.1, 0.15) is 5.54 Å². The van der Waals surface area contributed by atoms with Crippen LogP contribution in [0.4, 0.5) is 0 Å². The third-order valence-electron chi connectivity index (χ3n) is 2.89. The van der Waals surface area contributed by atoms with Crippen LogP contribution >= 0.6 is 0 Å². The van der Waals surface area contributed by atoms with Crippen molar-refractivity contribution < 1.29 is 0 Å². The molecule has 17 heavy (non-hydrogen) atoms. The van der Waals surface area contributed by atoms with Gasteiger partial charge >= 0.3 is 0 Å². The minimum absolute atomic E-state index is 0.380. The normalized spacial score (nSPS) is 14.2. The highest BCUT2D eigenvalue weighted by molar-refractivity contribution is 5.03. The quantitative estimate of drug-likeness (QED) is 0.736. The topological polar surface area (TPSA) is 53.6 Å². The second kappa shape index (κ2) is 6.41. The first-order chi connectivity index (χ1) is 8.09. The number of unbranched alkanes of at least 4 members (excludes halogenated alkanes) is 1. The first-order valence-electron chi connectivity index (χ1n) is 6.25. The molecule has 1 aromatic rings. The maximum Gasteiger partial charge on any atom is 0.103 e. The molecule has 0 radical (unpaired) electrons. The molecule has 0 aliphatic heterocycles. The minimum Gasteiger partial charge on any atom is -0.300 e. The number of rotatable bonds is 7. The van der Waals surface area contributed by atoms with Gasteiger partial charge in [-0.2, -0.15) is 10.4 Å². The number of nitrogens with one attached hydrogen (secondary N) is 1. The van der Waals surface area contributed by atoms with Gasteiger partial charge in [0.25, 0.3) is 0 Å². The van der Waals surface area contributed by atoms with Gasteiger partial charge in [0.15, 0.2) is 0 Å². The summed E-state index contributed by atoms with van der Waals surface area (Å²) in [7, 11) is 0. The van der Waals surface area contributed by atoms with E-state index in [4.69, 9.17) is 5.26 Å². The van der Waals surface area contributed by atoms with Crippen molar-refractivity contribution in [2.45, 2.75) is 52.1 Å². The van der Waals surface area contributed by atoms with E-state index >= 15 is 0 Å². The van der Waals surface area contributed by atoms with E-state index in [2.05, 4.69) is 16.5 Å². The van der Waals surface area contributed by atoms with Crippen molar-refractivity contribution in [1.29, 1.82) is 5.26 Å². The molecule has 0 bridgehead atoms. The summed E-state index contributed by atoms with van der Waals surface area (Å²) in [6, 6.07) is 2.35. The van der Waals surface area contributed by atoms with Crippen LogP contribution in [0.5, 0.6) is 0 Å². The number of hydrogen-bond donors (Lipinski definition) is 1. The molecule has 1 unspecified atom stereocenters. The fraction of sp³-hybridized carbons (Fsp3) is 0.692. The first kappa shape index (κ1) is 13.7. The molecule has 0 aliphatic carbocycles. The predicted octanol–water partition coefficient (Wildman–Crippen LogP) is 2.25. The van der Waals surface area contributed by atoms with Gasteiger partial charge in [-0.15, -0.1) is 0 Å². The van der Waals surface area contributed by atoms with Gasteiger partial charge in [0.05, 0.1) is 12.3 Å². The predicted molar refractivity (Wildman–Crippen MR) is 68.5 cm³/mol. The Morgan fingerprint density at radius 2 is 2.29 bits per heavy atom. The summed E-state index contributed by atoms with van der Waals surface area (Å²) in [5.41, 5.74) is 0.814. The van der Waals surface area contributed by atoms with Gasteiger partial charge in [-0.1, -0.05) is 6.92 Å². The van der Waals surface area contributed by atoms with Crippen molar-refractivity contribution in [3.05, 3.63) is 18.0 Å². The molecule has 0 aromatic carbocycles. The van der Waals surface area contributed by atoms with Gasteiger partial charge < -0.3 is 0 Å². The zero-order valence-corrected chi connectivity index (χ0v) is 11.0. The van der Waals surface area contributed by atoms with Crippen LogP contribution in [0.1, 0.15) is 38.7 Å². The Morgan fingerprint density at radius 3 is 2.82 bits per heavy atom. The number of nitrogens with zero attached hydrogens (tertiary/aromatic N) is 3. The second-order valence-corrected chi connectivity index (χ2v) is 4.71. The van der Waals surface area contributed by atoms with Crippen molar-refractivity contribution in [1.82, 2.24) is 15.1 Å². The number of aryl methyl sites for hydroxylation is 2. The highest BCUT2D eigenvalue weighted by Crippen LogP contribution is 2.13. The molecule has 0 saturated heterocycles. The van der Waals surface area contributed by atoms with E-state index in [-0.39, 0.29) is 5.54 Å². The molecule has 0 fully saturated rings. The lowest BCUT2D eigenvalue weighted by molar-refractivity contribution is 0.401. The lowest BCUT2D eigenvalue weighted by Gasteiger charge is -2.22. The third-order valence-corrected chi connectivity index (χ3v) is 2.89. The van der Waals surface area contributed by atoms with Crippen LogP contribution in [-0.2, 0) is 6.54 Å². The van der Waals surface area contributed by atoms with Gasteiger partial charge in [-0.05, 0) is 45.2 Å². The molecule has 1 heterocycles. The van der Waals surface area contributed by atoms with Gasteiger partial charge in [0.2, 0.25) is 0 Å². The van der Waals surface area contributed by atoms with Crippen molar-refractivity contribution in [2.24, 2.45) is 0 Å². The Hall–Kier alpha value is -1.34. The monoisotopic (exact) mass is 234 g/mol. The number of aromatic nitrogens is 2. The summed E-state index contributed by atoms with van der Waals surface area (Å²) in [6.45, 7) is 7.81. The lowest BCUT2D eigenvalue weighted by atomic mass is 9.96. The van der Waals surface area contributed by atoms with Crippen molar-refractivity contribution in [2.75, 3.05) is 6.54 Å². The molecule has 0 saturated carbocycles. The molecule has 1 atom stereocenters. The van der Waals surface area contributed by atoms with Crippen LogP contribution in [0.2, 0.25) is 0 Å². The van der Waals surface area contributed by atoms with Crippen LogP contribution in [-0.4, -0.2) is 21.9 Å². The Bertz CT molecular complexity index is 377. The summed E-state index contributed by atoms with van der Waals surface area (Å²) >= 11 is 0. The van der Waals surface area contributed by atoms with Crippen LogP contribution in [0.15, 0.2) is 12.4 Å². The maximum absolute atomic E-state index is 9.11. The minimum atomic E-state index is -0.380. The molecule has 94 valence electrons. The highest BCUT2D eigenvalue weighted by Gasteiger charge is 2.20. The van der Waals surface area contributed by atoms with Crippen LogP contribution in [0.3, 0.4) is 0 Å². The average molecular weight is 234 g/mol. The van der Waals surface area contributed by atoms with Crippen LogP contribution in [0.25, 0.3) is 0 Å². The molecular weight excluding hydrogens is 212 g/mol. The molecule has 1 N–H and O–H groups in total. The van der Waals surface area contributed by atoms with Crippen molar-refractivity contribution >= 4 is 0 Å². The Morgan fingerprint density at radius 1 is 1.53 bits per heavy atom. The summed E-state index contributed by atoms with van der Waals surface area (Å²) in [5.74, 6) is 0. The van der Waals surface area contributed by atoms with E-state index in [1.54, 1.807) is 0 Å². The Balaban J connectivity index is 2.26. The van der Waals surface area contributed by atoms with Gasteiger partial charge in [-0.3, -0.25) is 10.00 Å². The highest BCUT2D eigenvalue weighted by atomic mass is 15.3. The molecule has 4 nitrogen and oxygen atoms in total. The molecular formula is C13H22N4. The molecule has 1 aromatic heterocycles. The van der Waals surface area contributed by atoms with Gasteiger partial charge in [-0.25, -0.2) is 0 Å². The van der Waals surface area contributed by atoms with E-state index in [1.165, 1.54) is 5.56 Å². The van der Waals surface area contributed by atoms with Crippen molar-refractivity contribution in [3.63, 3.8) is 0 Å². The van der Waals surface area contributed by atoms with E-state index in [9.17, 15) is 0 Å². The van der Waals surface area contributed by atoms with Crippen molar-refractivity contribution in [3.8, 4) is 6.07 Å². The number of nitriles is 1. The molecule has 0 aliphatic rings. The van der Waals surface area contributed by atoms with E-state index in [1.807, 2.05) is 37.8 Å². The lowest BCUT2D eigenvalue weighted by Crippen LogP contribution is -2.40. The van der Waals surface area contributed by atoms with E-state index in [0.29, 0.717) is 0 Å². The summed E-state index contributed by atoms with van der Waals surface area (Å²) < 4.78 is 1.96. The summed E-state index contributed by atoms with van der Waals surface area (Å²) in [6.07, 6.45) is 6.91. The summed E-state index contributed by atoms with van der Waals surface area (Å²) in [5, 5.41) is 16.6. The zero-order chi connectivity index (χ0) is 12.7. The fourth-order valence-electron chi connectivity index (χ4n) is 1.92. The third kappa shape index (κ3) is 4.58.